The van der Waals surface area contributed by atoms with Crippen LogP contribution >= 0.6 is 0 Å². The van der Waals surface area contributed by atoms with Crippen molar-refractivity contribution in [1.29, 1.82) is 0 Å². The van der Waals surface area contributed by atoms with Gasteiger partial charge < -0.3 is 29.9 Å². The zero-order chi connectivity index (χ0) is 19.4. The van der Waals surface area contributed by atoms with Gasteiger partial charge in [0.1, 0.15) is 0 Å². The zero-order valence-corrected chi connectivity index (χ0v) is 16.0. The Labute approximate surface area is 154 Å². The van der Waals surface area contributed by atoms with E-state index in [1.165, 1.54) is 0 Å². The number of methoxy groups -OCH3 is 2. The summed E-state index contributed by atoms with van der Waals surface area (Å²) in [7, 11) is 3.16. The lowest BCUT2D eigenvalue weighted by Gasteiger charge is -2.31. The van der Waals surface area contributed by atoms with Gasteiger partial charge in [0.15, 0.2) is 11.5 Å². The van der Waals surface area contributed by atoms with Crippen molar-refractivity contribution in [1.82, 2.24) is 10.2 Å². The van der Waals surface area contributed by atoms with E-state index in [9.17, 15) is 15.0 Å². The normalized spacial score (nSPS) is 21.1. The van der Waals surface area contributed by atoms with E-state index < -0.39 is 11.1 Å². The van der Waals surface area contributed by atoms with Crippen molar-refractivity contribution in [2.45, 2.75) is 44.2 Å². The van der Waals surface area contributed by atoms with Gasteiger partial charge in [0.2, 0.25) is 0 Å². The molecule has 0 aliphatic carbocycles. The Hall–Kier alpha value is -1.99. The minimum atomic E-state index is -1.09. The standard InChI is InChI=1S/C19H30N2O5/c1-18(2,14-6-7-15(25-3)16(12-14)26-4)20-17(23)21-10-5-8-19(24,13-22)9-11-21/h6-7,12,22,24H,5,8-11,13H2,1-4H3,(H,20,23). The molecule has 0 aromatic heterocycles. The number of nitrogens with zero attached hydrogens (tertiary/aromatic N) is 1. The third-order valence-corrected chi connectivity index (χ3v) is 5.02. The number of hydrogen-bond acceptors (Lipinski definition) is 5. The van der Waals surface area contributed by atoms with E-state index in [4.69, 9.17) is 9.47 Å². The topological polar surface area (TPSA) is 91.3 Å². The molecule has 0 bridgehead atoms. The van der Waals surface area contributed by atoms with Crippen molar-refractivity contribution >= 4 is 6.03 Å². The average Bonchev–Trinajstić information content (AvgIpc) is 2.83. The first-order chi connectivity index (χ1) is 12.2. The molecule has 1 aliphatic heterocycles. The third-order valence-electron chi connectivity index (χ3n) is 5.02. The highest BCUT2D eigenvalue weighted by molar-refractivity contribution is 5.75. The molecule has 7 nitrogen and oxygen atoms in total. The lowest BCUT2D eigenvalue weighted by atomic mass is 9.94. The number of carbonyl (C=O) groups excluding carboxylic acids is 1. The molecule has 2 amide bonds. The van der Waals surface area contributed by atoms with Gasteiger partial charge in [-0.2, -0.15) is 0 Å². The van der Waals surface area contributed by atoms with Crippen LogP contribution in [0.3, 0.4) is 0 Å². The fourth-order valence-corrected chi connectivity index (χ4v) is 3.18. The maximum Gasteiger partial charge on any atom is 0.318 e. The van der Waals surface area contributed by atoms with E-state index in [0.717, 1.165) is 5.56 Å². The van der Waals surface area contributed by atoms with Crippen LogP contribution in [-0.2, 0) is 5.54 Å². The van der Waals surface area contributed by atoms with E-state index in [0.29, 0.717) is 43.9 Å². The van der Waals surface area contributed by atoms with E-state index >= 15 is 0 Å². The number of nitrogens with one attached hydrogen (secondary N) is 1. The molecule has 1 fully saturated rings. The number of aliphatic hydroxyl groups excluding tert-OH is 1. The number of rotatable bonds is 5. The molecule has 1 heterocycles. The molecule has 3 N–H and O–H groups in total. The van der Waals surface area contributed by atoms with Crippen LogP contribution in [0.2, 0.25) is 0 Å². The number of benzene rings is 1. The van der Waals surface area contributed by atoms with Gasteiger partial charge in [0.25, 0.3) is 0 Å². The molecule has 1 atom stereocenters. The first kappa shape index (κ1) is 20.3. The molecular formula is C19H30N2O5. The Morgan fingerprint density at radius 2 is 1.92 bits per heavy atom. The van der Waals surface area contributed by atoms with Gasteiger partial charge in [0.05, 0.1) is 32.0 Å². The molecule has 2 rings (SSSR count). The van der Waals surface area contributed by atoms with Gasteiger partial charge in [0, 0.05) is 13.1 Å². The first-order valence-electron chi connectivity index (χ1n) is 8.87. The fourth-order valence-electron chi connectivity index (χ4n) is 3.18. The quantitative estimate of drug-likeness (QED) is 0.740. The molecule has 1 aromatic rings. The van der Waals surface area contributed by atoms with Crippen LogP contribution in [0.25, 0.3) is 0 Å². The Balaban J connectivity index is 2.09. The minimum Gasteiger partial charge on any atom is -0.493 e. The van der Waals surface area contributed by atoms with Crippen molar-refractivity contribution in [3.8, 4) is 11.5 Å². The number of carbonyl (C=O) groups is 1. The number of ether oxygens (including phenoxy) is 2. The molecule has 1 aromatic carbocycles. The van der Waals surface area contributed by atoms with Crippen molar-refractivity contribution < 1.29 is 24.5 Å². The molecular weight excluding hydrogens is 336 g/mol. The smallest absolute Gasteiger partial charge is 0.318 e. The van der Waals surface area contributed by atoms with Crippen LogP contribution < -0.4 is 14.8 Å². The summed E-state index contributed by atoms with van der Waals surface area (Å²) in [5.74, 6) is 1.24. The average molecular weight is 366 g/mol. The van der Waals surface area contributed by atoms with Crippen LogP contribution in [0.4, 0.5) is 4.79 Å². The highest BCUT2D eigenvalue weighted by atomic mass is 16.5. The second-order valence-corrected chi connectivity index (χ2v) is 7.35. The fraction of sp³-hybridized carbons (Fsp3) is 0.632. The first-order valence-corrected chi connectivity index (χ1v) is 8.87. The molecule has 0 saturated carbocycles. The molecule has 1 unspecified atom stereocenters. The SMILES string of the molecule is COc1ccc(C(C)(C)NC(=O)N2CCCC(O)(CO)CC2)cc1OC. The van der Waals surface area contributed by atoms with Crippen molar-refractivity contribution in [3.05, 3.63) is 23.8 Å². The number of likely N-dealkylation sites (tertiary alicyclic amines) is 1. The zero-order valence-electron chi connectivity index (χ0n) is 16.0. The predicted molar refractivity (Wildman–Crippen MR) is 98.6 cm³/mol. The largest absolute Gasteiger partial charge is 0.493 e. The molecule has 26 heavy (non-hydrogen) atoms. The van der Waals surface area contributed by atoms with Gasteiger partial charge in [-0.25, -0.2) is 4.79 Å². The van der Waals surface area contributed by atoms with Gasteiger partial charge in [-0.05, 0) is 50.8 Å². The second kappa shape index (κ2) is 8.14. The van der Waals surface area contributed by atoms with Crippen LogP contribution in [-0.4, -0.2) is 60.7 Å². The monoisotopic (exact) mass is 366 g/mol. The van der Waals surface area contributed by atoms with Crippen molar-refractivity contribution in [2.75, 3.05) is 33.9 Å². The molecule has 7 heteroatoms. The summed E-state index contributed by atoms with van der Waals surface area (Å²) in [4.78, 5) is 14.4. The maximum absolute atomic E-state index is 12.7. The highest BCUT2D eigenvalue weighted by Gasteiger charge is 2.32. The summed E-state index contributed by atoms with van der Waals surface area (Å²) in [6, 6.07) is 5.38. The number of aliphatic hydroxyl groups is 2. The minimum absolute atomic E-state index is 0.188. The second-order valence-electron chi connectivity index (χ2n) is 7.35. The lowest BCUT2D eigenvalue weighted by Crippen LogP contribution is -2.49. The molecule has 146 valence electrons. The van der Waals surface area contributed by atoms with Crippen LogP contribution in [0.5, 0.6) is 11.5 Å². The summed E-state index contributed by atoms with van der Waals surface area (Å²) in [6.07, 6.45) is 1.52. The Kier molecular flexibility index (Phi) is 6.36. The maximum atomic E-state index is 12.7. The van der Waals surface area contributed by atoms with Crippen molar-refractivity contribution in [2.24, 2.45) is 0 Å². The van der Waals surface area contributed by atoms with Crippen LogP contribution in [0.15, 0.2) is 18.2 Å². The summed E-state index contributed by atoms with van der Waals surface area (Å²) >= 11 is 0. The molecule has 1 saturated heterocycles. The Morgan fingerprint density at radius 1 is 1.23 bits per heavy atom. The predicted octanol–water partition coefficient (Wildman–Crippen LogP) is 1.86. The van der Waals surface area contributed by atoms with Gasteiger partial charge in [-0.1, -0.05) is 6.07 Å². The summed E-state index contributed by atoms with van der Waals surface area (Å²) in [6.45, 7) is 4.53. The highest BCUT2D eigenvalue weighted by Crippen LogP contribution is 2.32. The lowest BCUT2D eigenvalue weighted by molar-refractivity contribution is -0.0248. The van der Waals surface area contributed by atoms with Crippen LogP contribution in [0.1, 0.15) is 38.7 Å². The van der Waals surface area contributed by atoms with Crippen LogP contribution in [0, 0.1) is 0 Å². The molecule has 0 spiro atoms. The van der Waals surface area contributed by atoms with Gasteiger partial charge in [-0.15, -0.1) is 0 Å². The number of hydrogen-bond donors (Lipinski definition) is 3. The van der Waals surface area contributed by atoms with E-state index in [-0.39, 0.29) is 12.6 Å². The Bertz CT molecular complexity index is 634. The summed E-state index contributed by atoms with van der Waals surface area (Å²) in [5.41, 5.74) is -0.811. The van der Waals surface area contributed by atoms with E-state index in [1.54, 1.807) is 19.1 Å². The van der Waals surface area contributed by atoms with Gasteiger partial charge in [-0.3, -0.25) is 0 Å². The molecule has 1 aliphatic rings. The summed E-state index contributed by atoms with van der Waals surface area (Å²) < 4.78 is 10.6. The van der Waals surface area contributed by atoms with E-state index in [2.05, 4.69) is 5.32 Å². The molecule has 0 radical (unpaired) electrons. The van der Waals surface area contributed by atoms with Gasteiger partial charge >= 0.3 is 6.03 Å². The number of urea groups is 1. The van der Waals surface area contributed by atoms with E-state index in [1.807, 2.05) is 32.0 Å². The summed E-state index contributed by atoms with van der Waals surface area (Å²) in [5, 5.41) is 22.6. The number of amides is 2. The van der Waals surface area contributed by atoms with Crippen molar-refractivity contribution in [3.63, 3.8) is 0 Å². The Morgan fingerprint density at radius 3 is 2.54 bits per heavy atom. The third kappa shape index (κ3) is 4.59.